The molecule has 0 radical (unpaired) electrons. The average Bonchev–Trinajstić information content (AvgIpc) is 2.42. The number of rotatable bonds is 1. The van der Waals surface area contributed by atoms with Crippen molar-refractivity contribution in [3.8, 4) is 0 Å². The third-order valence-electron chi connectivity index (χ3n) is 1.23. The Kier molecular flexibility index (Phi) is 0.887. The first kappa shape index (κ1) is 5.22. The third-order valence-corrected chi connectivity index (χ3v) is 1.23. The quantitative estimate of drug-likeness (QED) is 0.639. The van der Waals surface area contributed by atoms with Gasteiger partial charge in [0.1, 0.15) is 11.3 Å². The van der Waals surface area contributed by atoms with Gasteiger partial charge in [-0.25, -0.2) is 0 Å². The Hall–Kier alpha value is -1.58. The molecule has 4 heteroatoms. The van der Waals surface area contributed by atoms with Crippen molar-refractivity contribution in [2.75, 3.05) is 0 Å². The molecule has 0 aliphatic heterocycles. The largest absolute Gasteiger partial charge is 0.334 e. The molecule has 0 aliphatic rings. The van der Waals surface area contributed by atoms with Crippen LogP contribution in [0.4, 0.5) is 0 Å². The van der Waals surface area contributed by atoms with Crippen LogP contribution in [0.2, 0.25) is 0 Å². The number of aromatic amines is 1. The molecule has 0 fully saturated rings. The first-order valence-electron chi connectivity index (χ1n) is 2.83. The van der Waals surface area contributed by atoms with E-state index in [0.29, 0.717) is 11.5 Å². The fourth-order valence-corrected chi connectivity index (χ4v) is 0.772. The summed E-state index contributed by atoms with van der Waals surface area (Å²) in [5.41, 5.74) is 1.32. The number of hydrogen-bond donors (Lipinski definition) is 1. The Morgan fingerprint density at radius 3 is 3.30 bits per heavy atom. The maximum Gasteiger partial charge on any atom is 0.276 e. The Morgan fingerprint density at radius 1 is 1.70 bits per heavy atom. The lowest BCUT2D eigenvalue weighted by Gasteiger charge is -1.75. The molecule has 2 heterocycles. The maximum absolute atomic E-state index is 4.76. The van der Waals surface area contributed by atoms with Gasteiger partial charge in [0.25, 0.3) is 5.71 Å². The molecule has 0 unspecified atom stereocenters. The van der Waals surface area contributed by atoms with Crippen molar-refractivity contribution in [3.63, 3.8) is 0 Å². The number of fused-ring (bicyclic) bond motifs is 1. The molecule has 50 valence electrons. The summed E-state index contributed by atoms with van der Waals surface area (Å²) in [5.74, 6) is 0.705. The highest BCUT2D eigenvalue weighted by atomic mass is 16.5. The molecule has 0 saturated carbocycles. The van der Waals surface area contributed by atoms with Gasteiger partial charge in [-0.1, -0.05) is 11.7 Å². The van der Waals surface area contributed by atoms with Crippen LogP contribution in [-0.4, -0.2) is 15.1 Å². The van der Waals surface area contributed by atoms with E-state index in [-0.39, 0.29) is 0 Å². The molecule has 2 aromatic rings. The predicted octanol–water partition coefficient (Wildman–Crippen LogP) is 1.19. The fourth-order valence-electron chi connectivity index (χ4n) is 0.772. The highest BCUT2D eigenvalue weighted by Gasteiger charge is 2.01. The zero-order chi connectivity index (χ0) is 6.97. The highest BCUT2D eigenvalue weighted by molar-refractivity contribution is 5.69. The molecule has 1 N–H and O–H groups in total. The zero-order valence-corrected chi connectivity index (χ0v) is 5.16. The van der Waals surface area contributed by atoms with Gasteiger partial charge in [-0.05, 0) is 6.08 Å². The van der Waals surface area contributed by atoms with E-state index in [1.807, 2.05) is 0 Å². The van der Waals surface area contributed by atoms with E-state index in [1.54, 1.807) is 12.3 Å². The van der Waals surface area contributed by atoms with E-state index in [9.17, 15) is 0 Å². The van der Waals surface area contributed by atoms with Crippen molar-refractivity contribution in [2.24, 2.45) is 0 Å². The first-order chi connectivity index (χ1) is 4.90. The average molecular weight is 135 g/mol. The molecule has 10 heavy (non-hydrogen) atoms. The monoisotopic (exact) mass is 135 g/mol. The van der Waals surface area contributed by atoms with Crippen LogP contribution in [0.15, 0.2) is 17.3 Å². The predicted molar refractivity (Wildman–Crippen MR) is 36.2 cm³/mol. The molecular formula is C6H5N3O. The molecule has 0 atom stereocenters. The van der Waals surface area contributed by atoms with Crippen molar-refractivity contribution in [2.45, 2.75) is 0 Å². The number of hydrogen-bond acceptors (Lipinski definition) is 3. The van der Waals surface area contributed by atoms with Crippen LogP contribution in [0, 0.1) is 0 Å². The lowest BCUT2D eigenvalue weighted by Crippen LogP contribution is -1.71. The first-order valence-corrected chi connectivity index (χ1v) is 2.83. The smallest absolute Gasteiger partial charge is 0.276 e. The molecule has 0 aromatic carbocycles. The minimum atomic E-state index is 0.523. The summed E-state index contributed by atoms with van der Waals surface area (Å²) >= 11 is 0. The molecule has 0 aliphatic carbocycles. The SMILES string of the molecule is C=Cc1nc2oncc2[nH]1. The van der Waals surface area contributed by atoms with E-state index in [1.165, 1.54) is 0 Å². The Labute approximate surface area is 56.5 Å². The van der Waals surface area contributed by atoms with Crippen molar-refractivity contribution in [1.29, 1.82) is 0 Å². The van der Waals surface area contributed by atoms with E-state index in [4.69, 9.17) is 4.52 Å². The van der Waals surface area contributed by atoms with Crippen molar-refractivity contribution >= 4 is 17.3 Å². The fraction of sp³-hybridized carbons (Fsp3) is 0. The van der Waals surface area contributed by atoms with Gasteiger partial charge in [-0.3, -0.25) is 0 Å². The van der Waals surface area contributed by atoms with Crippen molar-refractivity contribution in [1.82, 2.24) is 15.1 Å². The van der Waals surface area contributed by atoms with E-state index in [2.05, 4.69) is 21.7 Å². The molecule has 2 aromatic heterocycles. The van der Waals surface area contributed by atoms with E-state index in [0.717, 1.165) is 5.52 Å². The van der Waals surface area contributed by atoms with Crippen LogP contribution in [0.25, 0.3) is 17.3 Å². The Morgan fingerprint density at radius 2 is 2.60 bits per heavy atom. The molecular weight excluding hydrogens is 130 g/mol. The molecule has 0 saturated heterocycles. The highest BCUT2D eigenvalue weighted by Crippen LogP contribution is 2.09. The molecule has 0 spiro atoms. The lowest BCUT2D eigenvalue weighted by atomic mass is 10.6. The second-order valence-electron chi connectivity index (χ2n) is 1.87. The van der Waals surface area contributed by atoms with E-state index >= 15 is 0 Å². The number of H-pyrrole nitrogens is 1. The summed E-state index contributed by atoms with van der Waals surface area (Å²) in [6.45, 7) is 3.55. The van der Waals surface area contributed by atoms with Crippen LogP contribution < -0.4 is 0 Å². The summed E-state index contributed by atoms with van der Waals surface area (Å²) < 4.78 is 4.76. The van der Waals surface area contributed by atoms with Crippen LogP contribution in [0.3, 0.4) is 0 Å². The van der Waals surface area contributed by atoms with Gasteiger partial charge in [-0.2, -0.15) is 4.98 Å². The minimum absolute atomic E-state index is 0.523. The summed E-state index contributed by atoms with van der Waals surface area (Å²) in [6.07, 6.45) is 3.20. The van der Waals surface area contributed by atoms with Gasteiger partial charge in [-0.15, -0.1) is 0 Å². The normalized spacial score (nSPS) is 10.4. The van der Waals surface area contributed by atoms with Gasteiger partial charge in [0, 0.05) is 0 Å². The molecule has 2 rings (SSSR count). The Bertz CT molecular complexity index is 331. The van der Waals surface area contributed by atoms with Crippen LogP contribution in [-0.2, 0) is 0 Å². The zero-order valence-electron chi connectivity index (χ0n) is 5.16. The van der Waals surface area contributed by atoms with Gasteiger partial charge in [0.2, 0.25) is 0 Å². The number of nitrogens with zero attached hydrogens (tertiary/aromatic N) is 2. The van der Waals surface area contributed by atoms with Crippen LogP contribution in [0.1, 0.15) is 5.82 Å². The summed E-state index contributed by atoms with van der Waals surface area (Å²) in [5, 5.41) is 3.53. The number of aromatic nitrogens is 3. The summed E-state index contributed by atoms with van der Waals surface area (Å²) in [4.78, 5) is 6.93. The minimum Gasteiger partial charge on any atom is -0.334 e. The number of imidazole rings is 1. The topological polar surface area (TPSA) is 54.7 Å². The molecule has 0 bridgehead atoms. The third kappa shape index (κ3) is 0.556. The van der Waals surface area contributed by atoms with Gasteiger partial charge < -0.3 is 9.51 Å². The number of nitrogens with one attached hydrogen (secondary N) is 1. The second-order valence-corrected chi connectivity index (χ2v) is 1.87. The van der Waals surface area contributed by atoms with Crippen LogP contribution in [0.5, 0.6) is 0 Å². The maximum atomic E-state index is 4.76. The summed E-state index contributed by atoms with van der Waals surface area (Å²) in [7, 11) is 0. The second kappa shape index (κ2) is 1.70. The van der Waals surface area contributed by atoms with Gasteiger partial charge in [0.05, 0.1) is 6.20 Å². The van der Waals surface area contributed by atoms with Crippen molar-refractivity contribution in [3.05, 3.63) is 18.6 Å². The molecule has 0 amide bonds. The van der Waals surface area contributed by atoms with Gasteiger partial charge in [0.15, 0.2) is 0 Å². The Balaban J connectivity index is 2.78. The summed E-state index contributed by atoms with van der Waals surface area (Å²) in [6, 6.07) is 0. The van der Waals surface area contributed by atoms with Crippen molar-refractivity contribution < 1.29 is 4.52 Å². The molecule has 4 nitrogen and oxygen atoms in total. The van der Waals surface area contributed by atoms with Crippen LogP contribution >= 0.6 is 0 Å². The van der Waals surface area contributed by atoms with Gasteiger partial charge >= 0.3 is 0 Å². The standard InChI is InChI=1S/C6H5N3O/c1-2-5-8-4-3-7-10-6(4)9-5/h2-3H,1H2,(H,8,9). The van der Waals surface area contributed by atoms with E-state index < -0.39 is 0 Å². The lowest BCUT2D eigenvalue weighted by molar-refractivity contribution is 0.449.